The van der Waals surface area contributed by atoms with Crippen molar-refractivity contribution in [2.24, 2.45) is 11.8 Å². The van der Waals surface area contributed by atoms with Crippen LogP contribution in [0.15, 0.2) is 17.0 Å². The molecule has 0 saturated heterocycles. The maximum atomic E-state index is 13.9. The number of carbonyl (C=O) groups excluding carboxylic acids is 1. The van der Waals surface area contributed by atoms with Crippen LogP contribution in [0.4, 0.5) is 0 Å². The molecule has 4 rings (SSSR count). The van der Waals surface area contributed by atoms with E-state index in [-0.39, 0.29) is 28.9 Å². The minimum Gasteiger partial charge on any atom is -0.481 e. The molecule has 0 spiro atoms. The Bertz CT molecular complexity index is 1150. The van der Waals surface area contributed by atoms with Crippen molar-refractivity contribution in [2.45, 2.75) is 76.2 Å². The number of hydrogen-bond donors (Lipinski definition) is 1. The van der Waals surface area contributed by atoms with Crippen LogP contribution >= 0.6 is 0 Å². The van der Waals surface area contributed by atoms with Gasteiger partial charge in [-0.15, -0.1) is 0 Å². The van der Waals surface area contributed by atoms with E-state index in [1.807, 2.05) is 17.6 Å². The van der Waals surface area contributed by atoms with Gasteiger partial charge in [0.05, 0.1) is 16.8 Å². The van der Waals surface area contributed by atoms with Crippen molar-refractivity contribution in [1.82, 2.24) is 4.57 Å². The molecule has 6 nitrogen and oxygen atoms in total. The molecule has 0 unspecified atom stereocenters. The van der Waals surface area contributed by atoms with E-state index in [0.29, 0.717) is 29.8 Å². The molecular formula is C24H31NO5S. The Morgan fingerprint density at radius 1 is 1.13 bits per heavy atom. The molecule has 1 aliphatic carbocycles. The fourth-order valence-corrected chi connectivity index (χ4v) is 6.54. The third kappa shape index (κ3) is 4.04. The molecule has 1 atom stereocenters. The quantitative estimate of drug-likeness (QED) is 0.673. The van der Waals surface area contributed by atoms with Crippen molar-refractivity contribution in [3.8, 4) is 0 Å². The summed E-state index contributed by atoms with van der Waals surface area (Å²) in [5.74, 6) is -0.719. The van der Waals surface area contributed by atoms with E-state index in [1.54, 1.807) is 6.07 Å². The van der Waals surface area contributed by atoms with Crippen molar-refractivity contribution >= 4 is 32.5 Å². The van der Waals surface area contributed by atoms with Gasteiger partial charge in [-0.3, -0.25) is 9.59 Å². The van der Waals surface area contributed by atoms with E-state index in [1.165, 1.54) is 6.26 Å². The van der Waals surface area contributed by atoms with E-state index in [2.05, 4.69) is 6.92 Å². The van der Waals surface area contributed by atoms with E-state index in [0.717, 1.165) is 48.9 Å². The van der Waals surface area contributed by atoms with Crippen LogP contribution in [0.1, 0.15) is 79.4 Å². The molecule has 1 N–H and O–H groups in total. The Kier molecular flexibility index (Phi) is 5.75. The van der Waals surface area contributed by atoms with Gasteiger partial charge in [-0.2, -0.15) is 0 Å². The largest absolute Gasteiger partial charge is 0.481 e. The number of Topliss-reactive ketones (excluding diaryl/α,β-unsaturated/α-hetero) is 1. The SMILES string of the molecule is Cc1cc(S(C)(=O)=O)c2c(C(=O)C3CCC(C)CC3)c3n(c2c1)CCC[C@@H]3CC(=O)O. The molecule has 1 aromatic carbocycles. The summed E-state index contributed by atoms with van der Waals surface area (Å²) in [5.41, 5.74) is 2.78. The first-order chi connectivity index (χ1) is 14.6. The van der Waals surface area contributed by atoms with Crippen LogP contribution in [-0.4, -0.2) is 36.1 Å². The smallest absolute Gasteiger partial charge is 0.304 e. The number of carboxylic acid groups (broad SMARTS) is 1. The second kappa shape index (κ2) is 8.08. The minimum absolute atomic E-state index is 0.00306. The Labute approximate surface area is 183 Å². The standard InChI is InChI=1S/C24H31NO5S/c1-14-6-8-16(9-7-14)24(28)22-21-18(11-15(2)12-19(21)31(3,29)30)25-10-4-5-17(23(22)25)13-20(26)27/h11-12,14,16-17H,4-10,13H2,1-3H3,(H,26,27)/t14?,16?,17-/m1/s1. The number of fused-ring (bicyclic) bond motifs is 3. The summed E-state index contributed by atoms with van der Waals surface area (Å²) in [7, 11) is -3.57. The predicted octanol–water partition coefficient (Wildman–Crippen LogP) is 4.71. The van der Waals surface area contributed by atoms with Crippen LogP contribution in [0.3, 0.4) is 0 Å². The number of carbonyl (C=O) groups is 2. The molecule has 168 valence electrons. The van der Waals surface area contributed by atoms with Gasteiger partial charge in [0.1, 0.15) is 0 Å². The van der Waals surface area contributed by atoms with Crippen LogP contribution in [0, 0.1) is 18.8 Å². The predicted molar refractivity (Wildman–Crippen MR) is 119 cm³/mol. The summed E-state index contributed by atoms with van der Waals surface area (Å²) in [4.78, 5) is 25.7. The fraction of sp³-hybridized carbons (Fsp3) is 0.583. The zero-order chi connectivity index (χ0) is 22.5. The van der Waals surface area contributed by atoms with Gasteiger partial charge < -0.3 is 9.67 Å². The van der Waals surface area contributed by atoms with Crippen LogP contribution in [0.25, 0.3) is 10.9 Å². The number of aliphatic carboxylic acids is 1. The summed E-state index contributed by atoms with van der Waals surface area (Å²) < 4.78 is 27.5. The van der Waals surface area contributed by atoms with E-state index in [9.17, 15) is 23.1 Å². The van der Waals surface area contributed by atoms with Crippen molar-refractivity contribution in [2.75, 3.05) is 6.26 Å². The fourth-order valence-electron chi connectivity index (χ4n) is 5.57. The van der Waals surface area contributed by atoms with Crippen molar-refractivity contribution in [3.05, 3.63) is 29.0 Å². The number of rotatable bonds is 5. The highest BCUT2D eigenvalue weighted by Crippen LogP contribution is 2.44. The van der Waals surface area contributed by atoms with Gasteiger partial charge in [0.15, 0.2) is 15.6 Å². The lowest BCUT2D eigenvalue weighted by molar-refractivity contribution is -0.137. The molecule has 0 amide bonds. The molecule has 1 saturated carbocycles. The highest BCUT2D eigenvalue weighted by Gasteiger charge is 2.37. The first-order valence-electron chi connectivity index (χ1n) is 11.2. The number of ketones is 1. The van der Waals surface area contributed by atoms with Gasteiger partial charge in [-0.1, -0.05) is 19.8 Å². The lowest BCUT2D eigenvalue weighted by Crippen LogP contribution is -2.25. The second-order valence-corrected chi connectivity index (χ2v) is 11.6. The first kappa shape index (κ1) is 22.1. The molecule has 31 heavy (non-hydrogen) atoms. The van der Waals surface area contributed by atoms with Crippen molar-refractivity contribution < 1.29 is 23.1 Å². The van der Waals surface area contributed by atoms with Gasteiger partial charge in [0.25, 0.3) is 0 Å². The molecule has 0 bridgehead atoms. The van der Waals surface area contributed by atoms with Gasteiger partial charge in [0, 0.05) is 41.3 Å². The molecule has 1 aliphatic heterocycles. The van der Waals surface area contributed by atoms with E-state index >= 15 is 0 Å². The van der Waals surface area contributed by atoms with Gasteiger partial charge in [0.2, 0.25) is 0 Å². The average molecular weight is 446 g/mol. The van der Waals surface area contributed by atoms with Crippen molar-refractivity contribution in [3.63, 3.8) is 0 Å². The summed E-state index contributed by atoms with van der Waals surface area (Å²) in [6.07, 6.45) is 6.21. The molecule has 2 heterocycles. The topological polar surface area (TPSA) is 93.4 Å². The zero-order valence-electron chi connectivity index (χ0n) is 18.5. The van der Waals surface area contributed by atoms with E-state index < -0.39 is 15.8 Å². The van der Waals surface area contributed by atoms with Crippen LogP contribution in [0.5, 0.6) is 0 Å². The normalized spacial score (nSPS) is 24.2. The number of aromatic nitrogens is 1. The van der Waals surface area contributed by atoms with Crippen LogP contribution in [-0.2, 0) is 21.2 Å². The van der Waals surface area contributed by atoms with E-state index in [4.69, 9.17) is 0 Å². The number of aryl methyl sites for hydroxylation is 2. The Morgan fingerprint density at radius 2 is 1.81 bits per heavy atom. The Hall–Kier alpha value is -2.15. The summed E-state index contributed by atoms with van der Waals surface area (Å²) in [6.45, 7) is 4.73. The monoisotopic (exact) mass is 445 g/mol. The van der Waals surface area contributed by atoms with Crippen LogP contribution in [0.2, 0.25) is 0 Å². The molecular weight excluding hydrogens is 414 g/mol. The summed E-state index contributed by atoms with van der Waals surface area (Å²) in [5, 5.41) is 10.0. The Morgan fingerprint density at radius 3 is 2.42 bits per heavy atom. The Balaban J connectivity index is 2.01. The van der Waals surface area contributed by atoms with Gasteiger partial charge >= 0.3 is 5.97 Å². The third-order valence-electron chi connectivity index (χ3n) is 7.09. The highest BCUT2D eigenvalue weighted by molar-refractivity contribution is 7.91. The number of hydrogen-bond acceptors (Lipinski definition) is 4. The van der Waals surface area contributed by atoms with Gasteiger partial charge in [-0.05, 0) is 56.2 Å². The molecule has 2 aromatic rings. The second-order valence-electron chi connectivity index (χ2n) is 9.60. The van der Waals surface area contributed by atoms with Crippen LogP contribution < -0.4 is 0 Å². The lowest BCUT2D eigenvalue weighted by atomic mass is 9.77. The third-order valence-corrected chi connectivity index (χ3v) is 8.21. The molecule has 1 aromatic heterocycles. The number of sulfone groups is 1. The number of carboxylic acids is 1. The summed E-state index contributed by atoms with van der Waals surface area (Å²) >= 11 is 0. The summed E-state index contributed by atoms with van der Waals surface area (Å²) in [6, 6.07) is 3.59. The van der Waals surface area contributed by atoms with Crippen molar-refractivity contribution in [1.29, 1.82) is 0 Å². The highest BCUT2D eigenvalue weighted by atomic mass is 32.2. The maximum Gasteiger partial charge on any atom is 0.304 e. The molecule has 0 radical (unpaired) electrons. The lowest BCUT2D eigenvalue weighted by Gasteiger charge is -2.28. The number of nitrogens with zero attached hydrogens (tertiary/aromatic N) is 1. The number of benzene rings is 1. The zero-order valence-corrected chi connectivity index (χ0v) is 19.3. The average Bonchev–Trinajstić information content (AvgIpc) is 3.01. The minimum atomic E-state index is -3.57. The van der Waals surface area contributed by atoms with Gasteiger partial charge in [-0.25, -0.2) is 8.42 Å². The maximum absolute atomic E-state index is 13.9. The molecule has 7 heteroatoms. The first-order valence-corrected chi connectivity index (χ1v) is 13.1. The molecule has 2 aliphatic rings. The molecule has 1 fully saturated rings.